The smallest absolute Gasteiger partial charge is 0.289 e. The van der Waals surface area contributed by atoms with Gasteiger partial charge in [-0.2, -0.15) is 0 Å². The Bertz CT molecular complexity index is 615. The topological polar surface area (TPSA) is 42.7 Å². The summed E-state index contributed by atoms with van der Waals surface area (Å²) in [6, 6.07) is 9.17. The van der Waals surface area contributed by atoms with Crippen molar-refractivity contribution in [3.05, 3.63) is 53.7 Å². The predicted octanol–water partition coefficient (Wildman–Crippen LogP) is 4.26. The molecule has 1 aromatic heterocycles. The number of furan rings is 1. The van der Waals surface area contributed by atoms with Gasteiger partial charge < -0.3 is 14.1 Å². The van der Waals surface area contributed by atoms with E-state index in [4.69, 9.17) is 9.15 Å². The Hall–Kier alpha value is -2.30. The molecule has 124 valence electrons. The number of ether oxygens (including phenoxy) is 1. The first-order valence-electron chi connectivity index (χ1n) is 7.90. The lowest BCUT2D eigenvalue weighted by Gasteiger charge is -2.19. The van der Waals surface area contributed by atoms with E-state index in [1.54, 1.807) is 29.2 Å². The first-order chi connectivity index (χ1) is 11.1. The molecule has 4 nitrogen and oxygen atoms in total. The standard InChI is InChI=1S/C18H22FNO3/c1-3-11-20(12-4-2)18(21)17-10-9-16(23-17)13-22-15-7-5-14(19)6-8-15/h5-10H,3-4,11-13H2,1-2H3. The van der Waals surface area contributed by atoms with Gasteiger partial charge in [0, 0.05) is 13.1 Å². The largest absolute Gasteiger partial charge is 0.486 e. The number of benzene rings is 1. The number of amides is 1. The monoisotopic (exact) mass is 319 g/mol. The summed E-state index contributed by atoms with van der Waals surface area (Å²) in [6.45, 7) is 5.71. The van der Waals surface area contributed by atoms with Gasteiger partial charge in [-0.3, -0.25) is 4.79 Å². The number of nitrogens with zero attached hydrogens (tertiary/aromatic N) is 1. The van der Waals surface area contributed by atoms with E-state index < -0.39 is 0 Å². The van der Waals surface area contributed by atoms with Crippen LogP contribution in [0.25, 0.3) is 0 Å². The molecule has 5 heteroatoms. The van der Waals surface area contributed by atoms with Crippen molar-refractivity contribution in [2.75, 3.05) is 13.1 Å². The number of carbonyl (C=O) groups excluding carboxylic acids is 1. The summed E-state index contributed by atoms with van der Waals surface area (Å²) >= 11 is 0. The zero-order valence-electron chi connectivity index (χ0n) is 13.5. The Balaban J connectivity index is 1.96. The Morgan fingerprint density at radius 2 is 1.74 bits per heavy atom. The molecule has 0 saturated heterocycles. The Labute approximate surface area is 135 Å². The van der Waals surface area contributed by atoms with Gasteiger partial charge in [0.2, 0.25) is 0 Å². The van der Waals surface area contributed by atoms with Crippen LogP contribution in [0.4, 0.5) is 4.39 Å². The second-order valence-corrected chi connectivity index (χ2v) is 5.30. The molecule has 0 bridgehead atoms. The molecule has 23 heavy (non-hydrogen) atoms. The number of halogens is 1. The highest BCUT2D eigenvalue weighted by Crippen LogP contribution is 2.16. The van der Waals surface area contributed by atoms with Crippen LogP contribution in [0, 0.1) is 5.82 Å². The number of hydrogen-bond acceptors (Lipinski definition) is 3. The third kappa shape index (κ3) is 4.84. The lowest BCUT2D eigenvalue weighted by atomic mass is 10.3. The quantitative estimate of drug-likeness (QED) is 0.730. The van der Waals surface area contributed by atoms with Gasteiger partial charge >= 0.3 is 0 Å². The number of rotatable bonds is 8. The van der Waals surface area contributed by atoms with Crippen molar-refractivity contribution in [3.63, 3.8) is 0 Å². The molecule has 0 aliphatic rings. The summed E-state index contributed by atoms with van der Waals surface area (Å²) < 4.78 is 23.9. The fraction of sp³-hybridized carbons (Fsp3) is 0.389. The maximum Gasteiger partial charge on any atom is 0.289 e. The van der Waals surface area contributed by atoms with Gasteiger partial charge in [0.15, 0.2) is 5.76 Å². The Kier molecular flexibility index (Phi) is 6.20. The van der Waals surface area contributed by atoms with E-state index in [0.29, 0.717) is 17.3 Å². The summed E-state index contributed by atoms with van der Waals surface area (Å²) in [4.78, 5) is 14.2. The molecule has 0 saturated carbocycles. The normalized spacial score (nSPS) is 10.6. The minimum Gasteiger partial charge on any atom is -0.486 e. The van der Waals surface area contributed by atoms with Gasteiger partial charge in [-0.25, -0.2) is 4.39 Å². The van der Waals surface area contributed by atoms with Crippen molar-refractivity contribution in [1.29, 1.82) is 0 Å². The van der Waals surface area contributed by atoms with Crippen molar-refractivity contribution in [2.24, 2.45) is 0 Å². The van der Waals surface area contributed by atoms with Gasteiger partial charge in [0.05, 0.1) is 0 Å². The van der Waals surface area contributed by atoms with Gasteiger partial charge in [0.25, 0.3) is 5.91 Å². The van der Waals surface area contributed by atoms with E-state index in [2.05, 4.69) is 0 Å². The van der Waals surface area contributed by atoms with Crippen LogP contribution >= 0.6 is 0 Å². The van der Waals surface area contributed by atoms with Crippen LogP contribution in [0.1, 0.15) is 43.0 Å². The Morgan fingerprint density at radius 3 is 2.35 bits per heavy atom. The summed E-state index contributed by atoms with van der Waals surface area (Å²) in [5.41, 5.74) is 0. The fourth-order valence-corrected chi connectivity index (χ4v) is 2.27. The van der Waals surface area contributed by atoms with Crippen molar-refractivity contribution in [1.82, 2.24) is 4.90 Å². The highest BCUT2D eigenvalue weighted by Gasteiger charge is 2.18. The molecule has 0 fully saturated rings. The third-order valence-electron chi connectivity index (χ3n) is 3.34. The molecule has 0 radical (unpaired) electrons. The van der Waals surface area contributed by atoms with Gasteiger partial charge in [-0.15, -0.1) is 0 Å². The molecule has 0 atom stereocenters. The van der Waals surface area contributed by atoms with Crippen molar-refractivity contribution >= 4 is 5.91 Å². The second kappa shape index (κ2) is 8.36. The maximum atomic E-state index is 12.8. The minimum atomic E-state index is -0.310. The summed E-state index contributed by atoms with van der Waals surface area (Å²) in [5.74, 6) is 1.03. The van der Waals surface area contributed by atoms with Crippen LogP contribution in [0.15, 0.2) is 40.8 Å². The van der Waals surface area contributed by atoms with E-state index in [0.717, 1.165) is 25.9 Å². The van der Waals surface area contributed by atoms with E-state index in [-0.39, 0.29) is 18.3 Å². The lowest BCUT2D eigenvalue weighted by Crippen LogP contribution is -2.32. The Morgan fingerprint density at radius 1 is 1.09 bits per heavy atom. The van der Waals surface area contributed by atoms with E-state index in [1.807, 2.05) is 13.8 Å². The average molecular weight is 319 g/mol. The van der Waals surface area contributed by atoms with Crippen LogP contribution in [0.5, 0.6) is 5.75 Å². The van der Waals surface area contributed by atoms with Crippen molar-refractivity contribution in [2.45, 2.75) is 33.3 Å². The molecule has 0 aliphatic heterocycles. The maximum absolute atomic E-state index is 12.8. The van der Waals surface area contributed by atoms with Crippen molar-refractivity contribution in [3.8, 4) is 5.75 Å². The number of hydrogen-bond donors (Lipinski definition) is 0. The second-order valence-electron chi connectivity index (χ2n) is 5.30. The molecule has 1 aromatic carbocycles. The molecule has 2 rings (SSSR count). The SMILES string of the molecule is CCCN(CCC)C(=O)c1ccc(COc2ccc(F)cc2)o1. The predicted molar refractivity (Wildman–Crippen MR) is 85.9 cm³/mol. The van der Waals surface area contributed by atoms with Crippen LogP contribution in [0.3, 0.4) is 0 Å². The van der Waals surface area contributed by atoms with E-state index in [9.17, 15) is 9.18 Å². The van der Waals surface area contributed by atoms with Gasteiger partial charge in [-0.05, 0) is 49.2 Å². The highest BCUT2D eigenvalue weighted by atomic mass is 19.1. The van der Waals surface area contributed by atoms with Crippen LogP contribution < -0.4 is 4.74 Å². The summed E-state index contributed by atoms with van der Waals surface area (Å²) in [5, 5.41) is 0. The third-order valence-corrected chi connectivity index (χ3v) is 3.34. The molecular weight excluding hydrogens is 297 g/mol. The molecule has 0 spiro atoms. The first-order valence-corrected chi connectivity index (χ1v) is 7.90. The molecule has 0 unspecified atom stereocenters. The lowest BCUT2D eigenvalue weighted by molar-refractivity contribution is 0.0719. The highest BCUT2D eigenvalue weighted by molar-refractivity contribution is 5.91. The van der Waals surface area contributed by atoms with E-state index >= 15 is 0 Å². The molecule has 1 amide bonds. The zero-order chi connectivity index (χ0) is 16.7. The fourth-order valence-electron chi connectivity index (χ4n) is 2.27. The molecular formula is C18H22FNO3. The molecule has 0 N–H and O–H groups in total. The zero-order valence-corrected chi connectivity index (χ0v) is 13.5. The minimum absolute atomic E-state index is 0.0956. The van der Waals surface area contributed by atoms with E-state index in [1.165, 1.54) is 12.1 Å². The molecule has 1 heterocycles. The van der Waals surface area contributed by atoms with Crippen molar-refractivity contribution < 1.29 is 18.3 Å². The molecule has 2 aromatic rings. The van der Waals surface area contributed by atoms with Crippen LogP contribution in [-0.2, 0) is 6.61 Å². The number of carbonyl (C=O) groups is 1. The van der Waals surface area contributed by atoms with Gasteiger partial charge in [-0.1, -0.05) is 13.8 Å². The summed E-state index contributed by atoms with van der Waals surface area (Å²) in [6.07, 6.45) is 1.82. The van der Waals surface area contributed by atoms with Crippen LogP contribution in [0.2, 0.25) is 0 Å². The average Bonchev–Trinajstić information content (AvgIpc) is 3.02. The first kappa shape index (κ1) is 17.1. The molecule has 0 aliphatic carbocycles. The summed E-state index contributed by atoms with van der Waals surface area (Å²) in [7, 11) is 0. The van der Waals surface area contributed by atoms with Crippen LogP contribution in [-0.4, -0.2) is 23.9 Å². The van der Waals surface area contributed by atoms with Gasteiger partial charge in [0.1, 0.15) is 23.9 Å².